The third-order valence-corrected chi connectivity index (χ3v) is 3.65. The van der Waals surface area contributed by atoms with Crippen molar-refractivity contribution in [2.75, 3.05) is 5.32 Å². The van der Waals surface area contributed by atoms with Crippen molar-refractivity contribution in [3.63, 3.8) is 0 Å². The zero-order valence-corrected chi connectivity index (χ0v) is 10.4. The van der Waals surface area contributed by atoms with Crippen LogP contribution in [0.25, 0.3) is 0 Å². The summed E-state index contributed by atoms with van der Waals surface area (Å²) in [5.41, 5.74) is 1.86. The highest BCUT2D eigenvalue weighted by Gasteiger charge is 2.30. The lowest BCUT2D eigenvalue weighted by Gasteiger charge is -2.37. The van der Waals surface area contributed by atoms with E-state index in [2.05, 4.69) is 5.32 Å². The Morgan fingerprint density at radius 3 is 2.26 bits per heavy atom. The molecule has 0 aliphatic heterocycles. The van der Waals surface area contributed by atoms with Gasteiger partial charge in [-0.25, -0.2) is 8.78 Å². The largest absolute Gasteiger partial charge is 0.382 e. The maximum absolute atomic E-state index is 13.1. The van der Waals surface area contributed by atoms with Crippen molar-refractivity contribution < 1.29 is 8.78 Å². The van der Waals surface area contributed by atoms with Crippen LogP contribution < -0.4 is 5.32 Å². The zero-order chi connectivity index (χ0) is 13.2. The fourth-order valence-corrected chi connectivity index (χ4v) is 2.58. The average Bonchev–Trinajstić information content (AvgIpc) is 2.33. The molecule has 98 valence electrons. The van der Waals surface area contributed by atoms with Gasteiger partial charge in [0.05, 0.1) is 0 Å². The van der Waals surface area contributed by atoms with E-state index in [1.54, 1.807) is 18.2 Å². The van der Waals surface area contributed by atoms with E-state index < -0.39 is 0 Å². The molecule has 1 nitrogen and oxygen atoms in total. The Hall–Kier alpha value is -1.90. The quantitative estimate of drug-likeness (QED) is 0.865. The fourth-order valence-electron chi connectivity index (χ4n) is 2.58. The molecular formula is C16H15F2N. The summed E-state index contributed by atoms with van der Waals surface area (Å²) in [5.74, 6) is -0.00759. The van der Waals surface area contributed by atoms with Gasteiger partial charge in [0.25, 0.3) is 0 Å². The van der Waals surface area contributed by atoms with Gasteiger partial charge in [-0.15, -0.1) is 0 Å². The molecule has 0 aromatic heterocycles. The third kappa shape index (κ3) is 2.75. The molecule has 3 heteroatoms. The topological polar surface area (TPSA) is 12.0 Å². The van der Waals surface area contributed by atoms with Crippen LogP contribution in [0.2, 0.25) is 0 Å². The lowest BCUT2D eigenvalue weighted by Crippen LogP contribution is -2.34. The van der Waals surface area contributed by atoms with Crippen LogP contribution >= 0.6 is 0 Å². The summed E-state index contributed by atoms with van der Waals surface area (Å²) in [4.78, 5) is 0. The molecule has 19 heavy (non-hydrogen) atoms. The number of hydrogen-bond acceptors (Lipinski definition) is 1. The minimum atomic E-state index is -0.231. The number of benzene rings is 2. The fraction of sp³-hybridized carbons (Fsp3) is 0.250. The molecule has 2 aromatic carbocycles. The maximum Gasteiger partial charge on any atom is 0.125 e. The molecule has 0 spiro atoms. The Morgan fingerprint density at radius 1 is 0.895 bits per heavy atom. The molecule has 3 rings (SSSR count). The van der Waals surface area contributed by atoms with Gasteiger partial charge in [-0.3, -0.25) is 0 Å². The summed E-state index contributed by atoms with van der Waals surface area (Å²) in [6, 6.07) is 13.6. The Balaban J connectivity index is 1.58. The van der Waals surface area contributed by atoms with Crippen molar-refractivity contribution in [3.05, 3.63) is 65.7 Å². The first-order chi connectivity index (χ1) is 9.20. The molecule has 1 saturated carbocycles. The highest BCUT2D eigenvalue weighted by Crippen LogP contribution is 2.38. The monoisotopic (exact) mass is 259 g/mol. The summed E-state index contributed by atoms with van der Waals surface area (Å²) in [6.07, 6.45) is 1.92. The van der Waals surface area contributed by atoms with E-state index in [-0.39, 0.29) is 11.6 Å². The van der Waals surface area contributed by atoms with E-state index in [1.807, 2.05) is 12.1 Å². The molecule has 0 saturated heterocycles. The van der Waals surface area contributed by atoms with Crippen LogP contribution in [0.4, 0.5) is 14.5 Å². The second-order valence-electron chi connectivity index (χ2n) is 5.07. The first-order valence-corrected chi connectivity index (χ1v) is 6.48. The molecular weight excluding hydrogens is 244 g/mol. The van der Waals surface area contributed by atoms with Gasteiger partial charge in [0.1, 0.15) is 11.6 Å². The minimum Gasteiger partial charge on any atom is -0.382 e. The molecule has 0 bridgehead atoms. The van der Waals surface area contributed by atoms with E-state index >= 15 is 0 Å². The number of nitrogens with one attached hydrogen (secondary N) is 1. The number of rotatable bonds is 3. The summed E-state index contributed by atoms with van der Waals surface area (Å²) in [7, 11) is 0. The van der Waals surface area contributed by atoms with Crippen molar-refractivity contribution in [2.45, 2.75) is 24.8 Å². The van der Waals surface area contributed by atoms with E-state index in [4.69, 9.17) is 0 Å². The predicted octanol–water partition coefficient (Wildman–Crippen LogP) is 4.32. The first-order valence-electron chi connectivity index (χ1n) is 6.48. The molecule has 1 aliphatic rings. The van der Waals surface area contributed by atoms with Crippen LogP contribution in [0.3, 0.4) is 0 Å². The lowest BCUT2D eigenvalue weighted by molar-refractivity contribution is 0.373. The molecule has 2 aromatic rings. The molecule has 0 atom stereocenters. The third-order valence-electron chi connectivity index (χ3n) is 3.65. The molecule has 1 N–H and O–H groups in total. The van der Waals surface area contributed by atoms with Gasteiger partial charge < -0.3 is 5.32 Å². The highest BCUT2D eigenvalue weighted by molar-refractivity contribution is 5.45. The number of halogens is 2. The van der Waals surface area contributed by atoms with Gasteiger partial charge in [0.15, 0.2) is 0 Å². The van der Waals surface area contributed by atoms with Crippen molar-refractivity contribution in [3.8, 4) is 0 Å². The normalized spacial score (nSPS) is 21.8. The Bertz CT molecular complexity index is 576. The summed E-state index contributed by atoms with van der Waals surface area (Å²) >= 11 is 0. The standard InChI is InChI=1S/C16H15F2N/c17-13-4-1-3-11(7-13)12-8-16(9-12)19-15-6-2-5-14(18)10-15/h1-7,10,12,16,19H,8-9H2. The summed E-state index contributed by atoms with van der Waals surface area (Å²) < 4.78 is 26.2. The highest BCUT2D eigenvalue weighted by atomic mass is 19.1. The van der Waals surface area contributed by atoms with Crippen molar-refractivity contribution in [1.29, 1.82) is 0 Å². The van der Waals surface area contributed by atoms with Crippen molar-refractivity contribution in [1.82, 2.24) is 0 Å². The smallest absolute Gasteiger partial charge is 0.125 e. The lowest BCUT2D eigenvalue weighted by atomic mass is 9.76. The van der Waals surface area contributed by atoms with Crippen LogP contribution in [0.5, 0.6) is 0 Å². The van der Waals surface area contributed by atoms with Gasteiger partial charge >= 0.3 is 0 Å². The van der Waals surface area contributed by atoms with Crippen LogP contribution in [-0.4, -0.2) is 6.04 Å². The van der Waals surface area contributed by atoms with Gasteiger partial charge in [0.2, 0.25) is 0 Å². The van der Waals surface area contributed by atoms with E-state index in [0.717, 1.165) is 24.1 Å². The second kappa shape index (κ2) is 5.00. The van der Waals surface area contributed by atoms with Crippen LogP contribution in [-0.2, 0) is 0 Å². The van der Waals surface area contributed by atoms with E-state index in [1.165, 1.54) is 18.2 Å². The molecule has 0 amide bonds. The molecule has 0 radical (unpaired) electrons. The number of anilines is 1. The van der Waals surface area contributed by atoms with Crippen LogP contribution in [0, 0.1) is 11.6 Å². The maximum atomic E-state index is 13.1. The average molecular weight is 259 g/mol. The van der Waals surface area contributed by atoms with Crippen molar-refractivity contribution >= 4 is 5.69 Å². The summed E-state index contributed by atoms with van der Waals surface area (Å²) in [5, 5.41) is 3.30. The number of hydrogen-bond donors (Lipinski definition) is 1. The minimum absolute atomic E-state index is 0.181. The van der Waals surface area contributed by atoms with Gasteiger partial charge in [-0.2, -0.15) is 0 Å². The SMILES string of the molecule is Fc1cccc(NC2CC(c3cccc(F)c3)C2)c1. The zero-order valence-electron chi connectivity index (χ0n) is 10.4. The Kier molecular flexibility index (Phi) is 3.20. The molecule has 0 heterocycles. The first kappa shape index (κ1) is 12.2. The van der Waals surface area contributed by atoms with Crippen LogP contribution in [0.15, 0.2) is 48.5 Å². The predicted molar refractivity (Wildman–Crippen MR) is 72.2 cm³/mol. The van der Waals surface area contributed by atoms with E-state index in [9.17, 15) is 8.78 Å². The Morgan fingerprint density at radius 2 is 1.58 bits per heavy atom. The second-order valence-corrected chi connectivity index (χ2v) is 5.07. The van der Waals surface area contributed by atoms with E-state index in [0.29, 0.717) is 12.0 Å². The van der Waals surface area contributed by atoms with Gasteiger partial charge in [0, 0.05) is 11.7 Å². The Labute approximate surface area is 111 Å². The van der Waals surface area contributed by atoms with Crippen molar-refractivity contribution in [2.24, 2.45) is 0 Å². The molecule has 0 unspecified atom stereocenters. The van der Waals surface area contributed by atoms with Gasteiger partial charge in [-0.05, 0) is 54.7 Å². The van der Waals surface area contributed by atoms with Gasteiger partial charge in [-0.1, -0.05) is 18.2 Å². The molecule has 1 aliphatic carbocycles. The summed E-state index contributed by atoms with van der Waals surface area (Å²) in [6.45, 7) is 0. The van der Waals surface area contributed by atoms with Crippen LogP contribution in [0.1, 0.15) is 24.3 Å². The molecule has 1 fully saturated rings.